The standard InChI is InChI=1S/C21H25N3O2/c1-3-13-8-9-17(18(25)10-13)19(22)15-6-4-5-7-16(15)20(23)24-14-11-21(2,26)12-14/h1,8-10,14,22,25-26H,4-7,11-12H2,2H3,(H2,23,24)/t14-,21+. The van der Waals surface area contributed by atoms with Gasteiger partial charge in [0, 0.05) is 17.2 Å². The Morgan fingerprint density at radius 2 is 1.88 bits per heavy atom. The molecule has 0 radical (unpaired) electrons. The number of benzene rings is 1. The lowest BCUT2D eigenvalue weighted by Crippen LogP contribution is -2.53. The van der Waals surface area contributed by atoms with Crippen LogP contribution in [-0.2, 0) is 0 Å². The number of rotatable bonds is 4. The van der Waals surface area contributed by atoms with Crippen molar-refractivity contribution in [2.75, 3.05) is 0 Å². The van der Waals surface area contributed by atoms with Gasteiger partial charge in [-0.25, -0.2) is 0 Å². The fourth-order valence-electron chi connectivity index (χ4n) is 3.85. The van der Waals surface area contributed by atoms with Crippen LogP contribution in [0.4, 0.5) is 0 Å². The Bertz CT molecular complexity index is 822. The Labute approximate surface area is 154 Å². The zero-order valence-corrected chi connectivity index (χ0v) is 15.0. The van der Waals surface area contributed by atoms with E-state index >= 15 is 0 Å². The molecule has 0 unspecified atom stereocenters. The summed E-state index contributed by atoms with van der Waals surface area (Å²) in [6.07, 6.45) is 10.0. The Morgan fingerprint density at radius 3 is 2.46 bits per heavy atom. The van der Waals surface area contributed by atoms with Crippen LogP contribution in [0.5, 0.6) is 5.75 Å². The Kier molecular flexibility index (Phi) is 4.88. The van der Waals surface area contributed by atoms with Gasteiger partial charge < -0.3 is 15.5 Å². The molecular formula is C21H25N3O2. The van der Waals surface area contributed by atoms with Crippen LogP contribution in [0, 0.1) is 23.2 Å². The third kappa shape index (κ3) is 3.66. The van der Waals surface area contributed by atoms with Gasteiger partial charge in [-0.15, -0.1) is 6.42 Å². The van der Waals surface area contributed by atoms with Crippen LogP contribution in [-0.4, -0.2) is 33.4 Å². The van der Waals surface area contributed by atoms with Gasteiger partial charge in [0.25, 0.3) is 0 Å². The van der Waals surface area contributed by atoms with Crippen molar-refractivity contribution in [2.24, 2.45) is 0 Å². The second kappa shape index (κ2) is 6.97. The molecule has 0 atom stereocenters. The SMILES string of the molecule is C#Cc1ccc(C(=N)C2=C(C(=N)N[C@H]3C[C@@](C)(O)C3)CCCC2)c(O)c1. The maximum Gasteiger partial charge on any atom is 0.126 e. The van der Waals surface area contributed by atoms with Gasteiger partial charge in [0.1, 0.15) is 11.6 Å². The van der Waals surface area contributed by atoms with E-state index in [1.807, 2.05) is 0 Å². The molecule has 5 nitrogen and oxygen atoms in total. The summed E-state index contributed by atoms with van der Waals surface area (Å²) in [7, 11) is 0. The van der Waals surface area contributed by atoms with E-state index < -0.39 is 5.60 Å². The molecule has 5 heteroatoms. The molecular weight excluding hydrogens is 326 g/mol. The molecule has 26 heavy (non-hydrogen) atoms. The molecule has 0 aromatic heterocycles. The largest absolute Gasteiger partial charge is 0.507 e. The molecule has 1 saturated carbocycles. The maximum atomic E-state index is 10.2. The normalized spacial score (nSPS) is 25.2. The summed E-state index contributed by atoms with van der Waals surface area (Å²) in [5.41, 5.74) is 2.28. The van der Waals surface area contributed by atoms with E-state index in [0.717, 1.165) is 36.8 Å². The van der Waals surface area contributed by atoms with E-state index in [9.17, 15) is 10.2 Å². The third-order valence-corrected chi connectivity index (χ3v) is 5.23. The van der Waals surface area contributed by atoms with Crippen molar-refractivity contribution in [2.45, 2.75) is 57.1 Å². The van der Waals surface area contributed by atoms with Crippen LogP contribution >= 0.6 is 0 Å². The highest BCUT2D eigenvalue weighted by molar-refractivity contribution is 6.16. The number of hydrogen-bond donors (Lipinski definition) is 5. The predicted octanol–water partition coefficient (Wildman–Crippen LogP) is 3.09. The molecule has 2 aliphatic carbocycles. The summed E-state index contributed by atoms with van der Waals surface area (Å²) in [4.78, 5) is 0. The second-order valence-electron chi connectivity index (χ2n) is 7.54. The topological polar surface area (TPSA) is 100 Å². The summed E-state index contributed by atoms with van der Waals surface area (Å²) in [5, 5.41) is 40.3. The fraction of sp³-hybridized carbons (Fsp3) is 0.429. The molecule has 1 aromatic carbocycles. The van der Waals surface area contributed by atoms with Gasteiger partial charge in [0.15, 0.2) is 0 Å². The minimum absolute atomic E-state index is 0.00240. The highest BCUT2D eigenvalue weighted by atomic mass is 16.3. The van der Waals surface area contributed by atoms with Crippen molar-refractivity contribution < 1.29 is 10.2 Å². The lowest BCUT2D eigenvalue weighted by molar-refractivity contribution is -0.0340. The van der Waals surface area contributed by atoms with Crippen molar-refractivity contribution in [3.8, 4) is 18.1 Å². The molecule has 1 fully saturated rings. The Morgan fingerprint density at radius 1 is 1.23 bits per heavy atom. The first-order valence-corrected chi connectivity index (χ1v) is 8.99. The molecule has 136 valence electrons. The average molecular weight is 351 g/mol. The molecule has 0 saturated heterocycles. The lowest BCUT2D eigenvalue weighted by Gasteiger charge is -2.42. The highest BCUT2D eigenvalue weighted by Crippen LogP contribution is 2.34. The van der Waals surface area contributed by atoms with Gasteiger partial charge in [-0.05, 0) is 74.8 Å². The average Bonchev–Trinajstić information content (AvgIpc) is 2.59. The van der Waals surface area contributed by atoms with E-state index in [1.54, 1.807) is 19.1 Å². The van der Waals surface area contributed by atoms with Crippen LogP contribution in [0.3, 0.4) is 0 Å². The Hall–Kier alpha value is -2.58. The number of amidine groups is 1. The zero-order chi connectivity index (χ0) is 18.9. The third-order valence-electron chi connectivity index (χ3n) is 5.23. The number of terminal acetylenes is 1. The molecule has 5 N–H and O–H groups in total. The zero-order valence-electron chi connectivity index (χ0n) is 15.0. The van der Waals surface area contributed by atoms with Crippen LogP contribution in [0.2, 0.25) is 0 Å². The molecule has 3 rings (SSSR count). The van der Waals surface area contributed by atoms with Crippen molar-refractivity contribution in [3.63, 3.8) is 0 Å². The molecule has 0 heterocycles. The summed E-state index contributed by atoms with van der Waals surface area (Å²) < 4.78 is 0. The summed E-state index contributed by atoms with van der Waals surface area (Å²) in [6, 6.07) is 4.98. The highest BCUT2D eigenvalue weighted by Gasteiger charge is 2.39. The van der Waals surface area contributed by atoms with Crippen molar-refractivity contribution in [3.05, 3.63) is 40.5 Å². The number of aromatic hydroxyl groups is 1. The first-order chi connectivity index (χ1) is 12.3. The van der Waals surface area contributed by atoms with Crippen LogP contribution in [0.25, 0.3) is 0 Å². The van der Waals surface area contributed by atoms with E-state index in [2.05, 4.69) is 11.2 Å². The van der Waals surface area contributed by atoms with Crippen molar-refractivity contribution in [1.82, 2.24) is 5.32 Å². The second-order valence-corrected chi connectivity index (χ2v) is 7.54. The van der Waals surface area contributed by atoms with Gasteiger partial charge in [-0.3, -0.25) is 10.8 Å². The van der Waals surface area contributed by atoms with Crippen LogP contribution in [0.15, 0.2) is 29.3 Å². The minimum Gasteiger partial charge on any atom is -0.507 e. The monoisotopic (exact) mass is 351 g/mol. The molecule has 0 spiro atoms. The van der Waals surface area contributed by atoms with Gasteiger partial charge in [-0.1, -0.05) is 5.92 Å². The molecule has 0 amide bonds. The van der Waals surface area contributed by atoms with Gasteiger partial charge in [0.05, 0.1) is 11.3 Å². The van der Waals surface area contributed by atoms with E-state index in [-0.39, 0.29) is 17.5 Å². The van der Waals surface area contributed by atoms with Crippen LogP contribution < -0.4 is 5.32 Å². The molecule has 0 aliphatic heterocycles. The number of allylic oxidation sites excluding steroid dienone is 1. The number of hydrogen-bond acceptors (Lipinski definition) is 4. The first-order valence-electron chi connectivity index (χ1n) is 8.99. The lowest BCUT2D eigenvalue weighted by atomic mass is 9.77. The maximum absolute atomic E-state index is 10.2. The summed E-state index contributed by atoms with van der Waals surface area (Å²) >= 11 is 0. The number of phenolic OH excluding ortho intramolecular Hbond substituents is 1. The fourth-order valence-corrected chi connectivity index (χ4v) is 3.85. The molecule has 0 bridgehead atoms. The summed E-state index contributed by atoms with van der Waals surface area (Å²) in [5.74, 6) is 2.81. The van der Waals surface area contributed by atoms with Gasteiger partial charge in [0.2, 0.25) is 0 Å². The van der Waals surface area contributed by atoms with Crippen molar-refractivity contribution in [1.29, 1.82) is 10.8 Å². The number of phenols is 1. The van der Waals surface area contributed by atoms with Gasteiger partial charge >= 0.3 is 0 Å². The molecule has 2 aliphatic rings. The number of nitrogens with one attached hydrogen (secondary N) is 3. The van der Waals surface area contributed by atoms with E-state index in [4.69, 9.17) is 17.2 Å². The van der Waals surface area contributed by atoms with Crippen molar-refractivity contribution >= 4 is 11.5 Å². The quantitative estimate of drug-likeness (QED) is 0.327. The number of aliphatic hydroxyl groups is 1. The van der Waals surface area contributed by atoms with Gasteiger partial charge in [-0.2, -0.15) is 0 Å². The van der Waals surface area contributed by atoms with Crippen LogP contribution in [0.1, 0.15) is 56.6 Å². The first kappa shape index (κ1) is 18.2. The minimum atomic E-state index is -0.640. The molecule has 1 aromatic rings. The summed E-state index contributed by atoms with van der Waals surface area (Å²) in [6.45, 7) is 1.80. The Balaban J connectivity index is 1.84. The van der Waals surface area contributed by atoms with E-state index in [0.29, 0.717) is 29.8 Å². The predicted molar refractivity (Wildman–Crippen MR) is 103 cm³/mol. The van der Waals surface area contributed by atoms with E-state index in [1.165, 1.54) is 6.07 Å². The smallest absolute Gasteiger partial charge is 0.126 e.